The number of fused-ring (bicyclic) bond motifs is 1. The van der Waals surface area contributed by atoms with Gasteiger partial charge in [0.15, 0.2) is 5.69 Å². The fourth-order valence-electron chi connectivity index (χ4n) is 3.42. The van der Waals surface area contributed by atoms with Crippen molar-refractivity contribution in [3.8, 4) is 5.69 Å². The summed E-state index contributed by atoms with van der Waals surface area (Å²) in [7, 11) is 0. The van der Waals surface area contributed by atoms with E-state index in [1.807, 2.05) is 35.8 Å². The van der Waals surface area contributed by atoms with Crippen molar-refractivity contribution in [1.29, 1.82) is 0 Å². The number of hydrogen-bond acceptors (Lipinski definition) is 3. The molecule has 2 aromatic carbocycles. The second kappa shape index (κ2) is 8.07. The monoisotopic (exact) mass is 447 g/mol. The van der Waals surface area contributed by atoms with E-state index in [1.165, 1.54) is 24.3 Å². The first kappa shape index (κ1) is 20.9. The third-order valence-electron chi connectivity index (χ3n) is 4.82. The zero-order valence-electron chi connectivity index (χ0n) is 16.3. The minimum atomic E-state index is -4.78. The van der Waals surface area contributed by atoms with E-state index in [-0.39, 0.29) is 12.2 Å². The first-order chi connectivity index (χ1) is 14.8. The van der Waals surface area contributed by atoms with Crippen LogP contribution in [0.1, 0.15) is 21.9 Å². The van der Waals surface area contributed by atoms with Gasteiger partial charge in [0.25, 0.3) is 5.91 Å². The SMILES string of the molecule is Cc1nc2ccccc2n1CCNC(=O)c1cnn(-c2ccc(Cl)cc2)c1C(F)(F)F. The normalized spacial score (nSPS) is 11.8. The van der Waals surface area contributed by atoms with Crippen molar-refractivity contribution in [3.63, 3.8) is 0 Å². The molecule has 160 valence electrons. The summed E-state index contributed by atoms with van der Waals surface area (Å²) >= 11 is 5.81. The van der Waals surface area contributed by atoms with Crippen LogP contribution in [-0.2, 0) is 12.7 Å². The maximum absolute atomic E-state index is 13.8. The van der Waals surface area contributed by atoms with Gasteiger partial charge < -0.3 is 9.88 Å². The van der Waals surface area contributed by atoms with E-state index in [0.717, 1.165) is 23.1 Å². The third-order valence-corrected chi connectivity index (χ3v) is 5.07. The number of aryl methyl sites for hydroxylation is 1. The number of alkyl halides is 3. The number of aromatic nitrogens is 4. The van der Waals surface area contributed by atoms with E-state index in [2.05, 4.69) is 15.4 Å². The topological polar surface area (TPSA) is 64.7 Å². The number of carbonyl (C=O) groups excluding carboxylic acids is 1. The lowest BCUT2D eigenvalue weighted by Gasteiger charge is -2.13. The molecule has 4 rings (SSSR count). The second-order valence-electron chi connectivity index (χ2n) is 6.85. The Morgan fingerprint density at radius 3 is 2.55 bits per heavy atom. The first-order valence-corrected chi connectivity index (χ1v) is 9.75. The second-order valence-corrected chi connectivity index (χ2v) is 7.28. The van der Waals surface area contributed by atoms with Gasteiger partial charge in [0.1, 0.15) is 5.82 Å². The molecule has 0 aliphatic carbocycles. The fourth-order valence-corrected chi connectivity index (χ4v) is 3.55. The van der Waals surface area contributed by atoms with Gasteiger partial charge >= 0.3 is 6.18 Å². The van der Waals surface area contributed by atoms with Crippen molar-refractivity contribution in [3.05, 3.63) is 76.8 Å². The van der Waals surface area contributed by atoms with E-state index in [4.69, 9.17) is 11.6 Å². The number of imidazole rings is 1. The van der Waals surface area contributed by atoms with Crippen LogP contribution < -0.4 is 5.32 Å². The van der Waals surface area contributed by atoms with Crippen molar-refractivity contribution in [1.82, 2.24) is 24.6 Å². The largest absolute Gasteiger partial charge is 0.434 e. The molecular formula is C21H17ClF3N5O. The van der Waals surface area contributed by atoms with E-state index in [9.17, 15) is 18.0 Å². The Hall–Kier alpha value is -3.33. The molecule has 0 unspecified atom stereocenters. The van der Waals surface area contributed by atoms with E-state index in [1.54, 1.807) is 0 Å². The van der Waals surface area contributed by atoms with Gasteiger partial charge in [0.05, 0.1) is 28.5 Å². The number of hydrogen-bond donors (Lipinski definition) is 1. The predicted molar refractivity (Wildman–Crippen MR) is 110 cm³/mol. The van der Waals surface area contributed by atoms with Crippen LogP contribution in [0.3, 0.4) is 0 Å². The third kappa shape index (κ3) is 4.13. The Morgan fingerprint density at radius 1 is 1.13 bits per heavy atom. The van der Waals surface area contributed by atoms with Gasteiger partial charge in [0.2, 0.25) is 0 Å². The summed E-state index contributed by atoms with van der Waals surface area (Å²) in [5.74, 6) is -0.100. The van der Waals surface area contributed by atoms with Gasteiger partial charge in [0, 0.05) is 18.1 Å². The minimum Gasteiger partial charge on any atom is -0.350 e. The molecule has 0 radical (unpaired) electrons. The average Bonchev–Trinajstić information content (AvgIpc) is 3.30. The first-order valence-electron chi connectivity index (χ1n) is 9.37. The number of halogens is 4. The molecule has 0 aliphatic heterocycles. The summed E-state index contributed by atoms with van der Waals surface area (Å²) in [5.41, 5.74) is 0.165. The molecule has 6 nitrogen and oxygen atoms in total. The lowest BCUT2D eigenvalue weighted by atomic mass is 10.2. The van der Waals surface area contributed by atoms with Crippen molar-refractivity contribution in [2.75, 3.05) is 6.54 Å². The number of nitrogens with zero attached hydrogens (tertiary/aromatic N) is 4. The number of para-hydroxylation sites is 2. The number of benzene rings is 2. The van der Waals surface area contributed by atoms with E-state index >= 15 is 0 Å². The summed E-state index contributed by atoms with van der Waals surface area (Å²) in [5, 5.41) is 6.73. The highest BCUT2D eigenvalue weighted by atomic mass is 35.5. The molecule has 0 fully saturated rings. The maximum Gasteiger partial charge on any atom is 0.434 e. The fraction of sp³-hybridized carbons (Fsp3) is 0.190. The van der Waals surface area contributed by atoms with Gasteiger partial charge in [-0.1, -0.05) is 23.7 Å². The zero-order chi connectivity index (χ0) is 22.2. The molecule has 2 heterocycles. The molecule has 31 heavy (non-hydrogen) atoms. The van der Waals surface area contributed by atoms with Crippen molar-refractivity contribution in [2.45, 2.75) is 19.6 Å². The van der Waals surface area contributed by atoms with E-state index in [0.29, 0.717) is 16.2 Å². The standard InChI is InChI=1S/C21H17ClF3N5O/c1-13-28-17-4-2-3-5-18(17)29(13)11-10-26-20(31)16-12-27-30(19(16)21(23,24)25)15-8-6-14(22)7-9-15/h2-9,12H,10-11H2,1H3,(H,26,31). The van der Waals surface area contributed by atoms with E-state index < -0.39 is 23.3 Å². The molecule has 0 bridgehead atoms. The molecule has 1 amide bonds. The number of nitrogens with one attached hydrogen (secondary N) is 1. The van der Waals surface area contributed by atoms with Crippen LogP contribution in [0.2, 0.25) is 5.02 Å². The van der Waals surface area contributed by atoms with Gasteiger partial charge in [-0.15, -0.1) is 0 Å². The van der Waals surface area contributed by atoms with Crippen LogP contribution in [0, 0.1) is 6.92 Å². The summed E-state index contributed by atoms with van der Waals surface area (Å²) in [6.07, 6.45) is -3.86. The Bertz CT molecular complexity index is 1240. The van der Waals surface area contributed by atoms with Crippen molar-refractivity contribution < 1.29 is 18.0 Å². The Kier molecular flexibility index (Phi) is 5.45. The van der Waals surface area contributed by atoms with Crippen LogP contribution in [0.25, 0.3) is 16.7 Å². The molecule has 0 saturated heterocycles. The molecule has 2 aromatic heterocycles. The van der Waals surface area contributed by atoms with Gasteiger partial charge in [-0.2, -0.15) is 18.3 Å². The zero-order valence-corrected chi connectivity index (χ0v) is 17.1. The predicted octanol–water partition coefficient (Wildman–Crippen LogP) is 4.63. The van der Waals surface area contributed by atoms with Crippen LogP contribution in [0.5, 0.6) is 0 Å². The number of rotatable bonds is 5. The summed E-state index contributed by atoms with van der Waals surface area (Å²) in [6, 6.07) is 13.2. The van der Waals surface area contributed by atoms with Crippen LogP contribution in [0.15, 0.2) is 54.7 Å². The molecule has 1 N–H and O–H groups in total. The van der Waals surface area contributed by atoms with Crippen LogP contribution >= 0.6 is 11.6 Å². The molecule has 0 saturated carbocycles. The smallest absolute Gasteiger partial charge is 0.350 e. The highest BCUT2D eigenvalue weighted by molar-refractivity contribution is 6.30. The Labute approximate surface area is 180 Å². The van der Waals surface area contributed by atoms with Crippen molar-refractivity contribution >= 4 is 28.5 Å². The Morgan fingerprint density at radius 2 is 1.84 bits per heavy atom. The highest BCUT2D eigenvalue weighted by Crippen LogP contribution is 2.33. The van der Waals surface area contributed by atoms with Crippen molar-refractivity contribution in [2.24, 2.45) is 0 Å². The number of carbonyl (C=O) groups is 1. The molecule has 10 heteroatoms. The molecule has 0 atom stereocenters. The Balaban J connectivity index is 1.56. The summed E-state index contributed by atoms with van der Waals surface area (Å²) in [6.45, 7) is 2.33. The van der Waals surface area contributed by atoms with Gasteiger partial charge in [-0.25, -0.2) is 9.67 Å². The molecule has 0 spiro atoms. The lowest BCUT2D eigenvalue weighted by Crippen LogP contribution is -2.29. The van der Waals surface area contributed by atoms with Gasteiger partial charge in [-0.3, -0.25) is 4.79 Å². The molecule has 4 aromatic rings. The maximum atomic E-state index is 13.8. The molecule has 0 aliphatic rings. The minimum absolute atomic E-state index is 0.128. The molecular weight excluding hydrogens is 431 g/mol. The highest BCUT2D eigenvalue weighted by Gasteiger charge is 2.40. The summed E-state index contributed by atoms with van der Waals surface area (Å²) in [4.78, 5) is 17.0. The van der Waals surface area contributed by atoms with Gasteiger partial charge in [-0.05, 0) is 43.3 Å². The van der Waals surface area contributed by atoms with Crippen LogP contribution in [-0.4, -0.2) is 31.8 Å². The quantitative estimate of drug-likeness (QED) is 0.485. The lowest BCUT2D eigenvalue weighted by molar-refractivity contribution is -0.143. The van der Waals surface area contributed by atoms with Crippen LogP contribution in [0.4, 0.5) is 13.2 Å². The average molecular weight is 448 g/mol. The summed E-state index contributed by atoms with van der Waals surface area (Å²) < 4.78 is 43.9. The number of amides is 1.